The van der Waals surface area contributed by atoms with Gasteiger partial charge in [0.1, 0.15) is 11.5 Å². The summed E-state index contributed by atoms with van der Waals surface area (Å²) in [6.07, 6.45) is 3.43. The molecule has 0 fully saturated rings. The van der Waals surface area contributed by atoms with Crippen LogP contribution in [-0.2, 0) is 20.6 Å². The highest BCUT2D eigenvalue weighted by atomic mass is 19.1. The Hall–Kier alpha value is -3.81. The normalized spacial score (nSPS) is 10.9. The van der Waals surface area contributed by atoms with Gasteiger partial charge in [0.25, 0.3) is 5.91 Å². The first-order valence-corrected chi connectivity index (χ1v) is 9.03. The zero-order valence-electron chi connectivity index (χ0n) is 16.0. The van der Waals surface area contributed by atoms with Crippen molar-refractivity contribution >= 4 is 5.91 Å². The summed E-state index contributed by atoms with van der Waals surface area (Å²) in [6.45, 7) is 0.324. The third-order valence-electron chi connectivity index (χ3n) is 4.64. The number of aryl methyl sites for hydroxylation is 2. The van der Waals surface area contributed by atoms with Gasteiger partial charge in [-0.3, -0.25) is 19.1 Å². The Labute approximate surface area is 166 Å². The highest BCUT2D eigenvalue weighted by Gasteiger charge is 2.15. The van der Waals surface area contributed by atoms with Gasteiger partial charge in [-0.2, -0.15) is 10.2 Å². The van der Waals surface area contributed by atoms with Crippen LogP contribution in [0.15, 0.2) is 60.9 Å². The van der Waals surface area contributed by atoms with Crippen LogP contribution >= 0.6 is 0 Å². The largest absolute Gasteiger partial charge is 0.345 e. The average molecular weight is 390 g/mol. The molecule has 0 radical (unpaired) electrons. The maximum Gasteiger partial charge on any atom is 0.269 e. The highest BCUT2D eigenvalue weighted by Crippen LogP contribution is 2.20. The summed E-state index contributed by atoms with van der Waals surface area (Å²) in [6, 6.07) is 13.4. The zero-order chi connectivity index (χ0) is 20.4. The molecule has 4 rings (SSSR count). The fourth-order valence-electron chi connectivity index (χ4n) is 3.04. The highest BCUT2D eigenvalue weighted by molar-refractivity contribution is 5.93. The van der Waals surface area contributed by atoms with Gasteiger partial charge in [-0.25, -0.2) is 4.39 Å². The minimum absolute atomic E-state index is 0.250. The fourth-order valence-corrected chi connectivity index (χ4v) is 3.04. The van der Waals surface area contributed by atoms with Crippen LogP contribution in [0.25, 0.3) is 22.5 Å². The molecule has 3 aromatic heterocycles. The van der Waals surface area contributed by atoms with E-state index in [1.807, 2.05) is 25.2 Å². The first-order chi connectivity index (χ1) is 14.0. The molecule has 0 spiro atoms. The Morgan fingerprint density at radius 3 is 2.28 bits per heavy atom. The topological polar surface area (TPSA) is 77.6 Å². The van der Waals surface area contributed by atoms with E-state index < -0.39 is 0 Å². The molecule has 1 N–H and O–H groups in total. The van der Waals surface area contributed by atoms with E-state index in [1.165, 1.54) is 16.8 Å². The Bertz CT molecular complexity index is 1150. The molecule has 146 valence electrons. The SMILES string of the molecule is Cn1nc(-c2ccncc2)cc1CNC(=O)c1cc(-c2ccc(F)cc2)nn1C. The number of aromatic nitrogens is 5. The molecular formula is C21H19FN6O. The van der Waals surface area contributed by atoms with Crippen LogP contribution in [0.2, 0.25) is 0 Å². The van der Waals surface area contributed by atoms with Crippen molar-refractivity contribution in [3.63, 3.8) is 0 Å². The Morgan fingerprint density at radius 2 is 1.55 bits per heavy atom. The number of carbonyl (C=O) groups excluding carboxylic acids is 1. The van der Waals surface area contributed by atoms with E-state index in [-0.39, 0.29) is 11.7 Å². The smallest absolute Gasteiger partial charge is 0.269 e. The van der Waals surface area contributed by atoms with Crippen molar-refractivity contribution in [1.29, 1.82) is 0 Å². The summed E-state index contributed by atoms with van der Waals surface area (Å²) in [5.41, 5.74) is 4.42. The van der Waals surface area contributed by atoms with Crippen molar-refractivity contribution in [3.05, 3.63) is 78.1 Å². The van der Waals surface area contributed by atoms with E-state index in [1.54, 1.807) is 42.3 Å². The number of nitrogens with one attached hydrogen (secondary N) is 1. The average Bonchev–Trinajstić information content (AvgIpc) is 3.30. The summed E-state index contributed by atoms with van der Waals surface area (Å²) in [4.78, 5) is 16.7. The summed E-state index contributed by atoms with van der Waals surface area (Å²) >= 11 is 0. The van der Waals surface area contributed by atoms with Crippen LogP contribution in [0.5, 0.6) is 0 Å². The van der Waals surface area contributed by atoms with Gasteiger partial charge in [0.15, 0.2) is 0 Å². The van der Waals surface area contributed by atoms with E-state index in [0.717, 1.165) is 22.5 Å². The van der Waals surface area contributed by atoms with Gasteiger partial charge >= 0.3 is 0 Å². The standard InChI is InChI=1S/C21H19FN6O/c1-27-17(11-18(25-27)15-7-9-23-10-8-15)13-24-21(29)20-12-19(26-28(20)2)14-3-5-16(22)6-4-14/h3-12H,13H2,1-2H3,(H,24,29). The van der Waals surface area contributed by atoms with E-state index in [9.17, 15) is 9.18 Å². The third kappa shape index (κ3) is 3.91. The lowest BCUT2D eigenvalue weighted by atomic mass is 10.1. The molecular weight excluding hydrogens is 371 g/mol. The molecule has 0 unspecified atom stereocenters. The van der Waals surface area contributed by atoms with Crippen molar-refractivity contribution in [1.82, 2.24) is 29.9 Å². The minimum atomic E-state index is -0.315. The summed E-state index contributed by atoms with van der Waals surface area (Å²) in [5.74, 6) is -0.565. The summed E-state index contributed by atoms with van der Waals surface area (Å²) in [7, 11) is 3.54. The van der Waals surface area contributed by atoms with Crippen molar-refractivity contribution in [2.24, 2.45) is 14.1 Å². The van der Waals surface area contributed by atoms with Gasteiger partial charge in [-0.05, 0) is 48.5 Å². The number of benzene rings is 1. The van der Waals surface area contributed by atoms with E-state index in [4.69, 9.17) is 0 Å². The van der Waals surface area contributed by atoms with Crippen LogP contribution in [0.1, 0.15) is 16.2 Å². The van der Waals surface area contributed by atoms with Crippen molar-refractivity contribution < 1.29 is 9.18 Å². The minimum Gasteiger partial charge on any atom is -0.345 e. The van der Waals surface area contributed by atoms with E-state index in [2.05, 4.69) is 20.5 Å². The number of nitrogens with zero attached hydrogens (tertiary/aromatic N) is 5. The molecule has 0 aliphatic rings. The molecule has 0 saturated heterocycles. The number of halogens is 1. The molecule has 7 nitrogen and oxygen atoms in total. The first-order valence-electron chi connectivity index (χ1n) is 9.03. The molecule has 1 amide bonds. The fraction of sp³-hybridized carbons (Fsp3) is 0.143. The number of carbonyl (C=O) groups is 1. The van der Waals surface area contributed by atoms with Crippen LogP contribution in [0.4, 0.5) is 4.39 Å². The third-order valence-corrected chi connectivity index (χ3v) is 4.64. The van der Waals surface area contributed by atoms with Gasteiger partial charge in [0.05, 0.1) is 23.6 Å². The summed E-state index contributed by atoms with van der Waals surface area (Å²) in [5, 5.41) is 11.7. The van der Waals surface area contributed by atoms with Gasteiger partial charge < -0.3 is 5.32 Å². The second-order valence-electron chi connectivity index (χ2n) is 6.61. The number of hydrogen-bond donors (Lipinski definition) is 1. The molecule has 0 saturated carbocycles. The molecule has 0 aliphatic carbocycles. The van der Waals surface area contributed by atoms with Gasteiger partial charge in [0, 0.05) is 37.6 Å². The molecule has 3 heterocycles. The van der Waals surface area contributed by atoms with E-state index >= 15 is 0 Å². The quantitative estimate of drug-likeness (QED) is 0.568. The number of amides is 1. The number of hydrogen-bond acceptors (Lipinski definition) is 4. The Morgan fingerprint density at radius 1 is 0.931 bits per heavy atom. The lowest BCUT2D eigenvalue weighted by Gasteiger charge is -2.05. The van der Waals surface area contributed by atoms with Crippen LogP contribution in [0.3, 0.4) is 0 Å². The number of rotatable bonds is 5. The first kappa shape index (κ1) is 18.5. The van der Waals surface area contributed by atoms with Gasteiger partial charge in [-0.15, -0.1) is 0 Å². The molecule has 29 heavy (non-hydrogen) atoms. The molecule has 1 aromatic carbocycles. The predicted octanol–water partition coefficient (Wildman–Crippen LogP) is 2.95. The van der Waals surface area contributed by atoms with Gasteiger partial charge in [0.2, 0.25) is 0 Å². The maximum absolute atomic E-state index is 13.1. The van der Waals surface area contributed by atoms with Crippen molar-refractivity contribution in [2.75, 3.05) is 0 Å². The molecule has 8 heteroatoms. The predicted molar refractivity (Wildman–Crippen MR) is 106 cm³/mol. The lowest BCUT2D eigenvalue weighted by Crippen LogP contribution is -2.26. The maximum atomic E-state index is 13.1. The lowest BCUT2D eigenvalue weighted by molar-refractivity contribution is 0.0940. The molecule has 0 bridgehead atoms. The van der Waals surface area contributed by atoms with Crippen molar-refractivity contribution in [2.45, 2.75) is 6.54 Å². The molecule has 4 aromatic rings. The Kier molecular flexibility index (Phi) is 4.90. The van der Waals surface area contributed by atoms with Gasteiger partial charge in [-0.1, -0.05) is 0 Å². The molecule has 0 aliphatic heterocycles. The van der Waals surface area contributed by atoms with Crippen molar-refractivity contribution in [3.8, 4) is 22.5 Å². The van der Waals surface area contributed by atoms with Crippen LogP contribution < -0.4 is 5.32 Å². The second kappa shape index (κ2) is 7.67. The monoisotopic (exact) mass is 390 g/mol. The Balaban J connectivity index is 1.48. The van der Waals surface area contributed by atoms with Crippen LogP contribution in [-0.4, -0.2) is 30.5 Å². The zero-order valence-corrected chi connectivity index (χ0v) is 16.0. The molecule has 0 atom stereocenters. The number of pyridine rings is 1. The van der Waals surface area contributed by atoms with E-state index in [0.29, 0.717) is 17.9 Å². The second-order valence-corrected chi connectivity index (χ2v) is 6.61. The van der Waals surface area contributed by atoms with Crippen LogP contribution in [0, 0.1) is 5.82 Å². The summed E-state index contributed by atoms with van der Waals surface area (Å²) < 4.78 is 16.4.